The predicted molar refractivity (Wildman–Crippen MR) is 113 cm³/mol. The highest BCUT2D eigenvalue weighted by atomic mass is 16.7. The molecule has 2 amide bonds. The van der Waals surface area contributed by atoms with Crippen molar-refractivity contribution in [1.82, 2.24) is 0 Å². The van der Waals surface area contributed by atoms with Crippen molar-refractivity contribution in [3.05, 3.63) is 48.6 Å². The van der Waals surface area contributed by atoms with Gasteiger partial charge in [-0.3, -0.25) is 9.59 Å². The Morgan fingerprint density at radius 2 is 1.09 bits per heavy atom. The summed E-state index contributed by atoms with van der Waals surface area (Å²) >= 11 is 0. The number of anilines is 2. The summed E-state index contributed by atoms with van der Waals surface area (Å²) < 4.78 is 30.3. The molecule has 4 rings (SSSR count). The fourth-order valence-electron chi connectivity index (χ4n) is 2.85. The van der Waals surface area contributed by atoms with Gasteiger partial charge in [0.2, 0.25) is 13.6 Å². The highest BCUT2D eigenvalue weighted by Crippen LogP contribution is 2.35. The summed E-state index contributed by atoms with van der Waals surface area (Å²) in [5.74, 6) is -0.975. The zero-order chi connectivity index (χ0) is 23.9. The quantitative estimate of drug-likeness (QED) is 0.428. The topological polar surface area (TPSA) is 148 Å². The number of benzene rings is 2. The van der Waals surface area contributed by atoms with E-state index < -0.39 is 37.0 Å². The standard InChI is InChI=1S/C22H18N2O10/c25-19(23-13-1-3-15-17(7-13)33-11-31-15)9-29-21(27)5-6-22(28)30-10-20(26)24-14-2-4-16-18(8-14)34-12-32-16/h1-8H,9-12H2,(H,23,25)(H,24,26)/b6-5+. The summed E-state index contributed by atoms with van der Waals surface area (Å²) in [4.78, 5) is 47.2. The van der Waals surface area contributed by atoms with Crippen molar-refractivity contribution in [1.29, 1.82) is 0 Å². The monoisotopic (exact) mass is 470 g/mol. The van der Waals surface area contributed by atoms with E-state index in [1.165, 1.54) is 0 Å². The summed E-state index contributed by atoms with van der Waals surface area (Å²) in [6.45, 7) is -0.956. The maximum absolute atomic E-state index is 11.9. The SMILES string of the molecule is O=C(COC(=O)/C=C/C(=O)OCC(=O)Nc1ccc2c(c1)OCO2)Nc1ccc2c(c1)OCO2. The zero-order valence-electron chi connectivity index (χ0n) is 17.5. The van der Waals surface area contributed by atoms with Crippen LogP contribution in [0, 0.1) is 0 Å². The van der Waals surface area contributed by atoms with Crippen LogP contribution in [0.2, 0.25) is 0 Å². The van der Waals surface area contributed by atoms with E-state index in [0.29, 0.717) is 34.4 Å². The number of esters is 2. The molecule has 2 heterocycles. The van der Waals surface area contributed by atoms with Gasteiger partial charge >= 0.3 is 11.9 Å². The van der Waals surface area contributed by atoms with Crippen molar-refractivity contribution in [2.24, 2.45) is 0 Å². The Bertz CT molecular complexity index is 1070. The van der Waals surface area contributed by atoms with Crippen LogP contribution in [0.4, 0.5) is 11.4 Å². The number of hydrogen-bond acceptors (Lipinski definition) is 10. The van der Waals surface area contributed by atoms with E-state index in [9.17, 15) is 19.2 Å². The molecule has 2 aliphatic rings. The number of carbonyl (C=O) groups is 4. The van der Waals surface area contributed by atoms with Crippen molar-refractivity contribution in [2.75, 3.05) is 37.4 Å². The molecular weight excluding hydrogens is 452 g/mol. The first kappa shape index (κ1) is 22.5. The van der Waals surface area contributed by atoms with Gasteiger partial charge < -0.3 is 39.1 Å². The third-order valence-corrected chi connectivity index (χ3v) is 4.36. The second-order valence-corrected chi connectivity index (χ2v) is 6.78. The molecule has 0 bridgehead atoms. The Morgan fingerprint density at radius 3 is 1.53 bits per heavy atom. The van der Waals surface area contributed by atoms with E-state index in [-0.39, 0.29) is 13.6 Å². The molecular formula is C22H18N2O10. The minimum absolute atomic E-state index is 0.101. The molecule has 0 fully saturated rings. The van der Waals surface area contributed by atoms with Crippen LogP contribution in [-0.2, 0) is 28.7 Å². The minimum atomic E-state index is -0.942. The number of amides is 2. The molecule has 0 unspecified atom stereocenters. The molecule has 2 N–H and O–H groups in total. The van der Waals surface area contributed by atoms with E-state index in [1.807, 2.05) is 0 Å². The molecule has 0 radical (unpaired) electrons. The Labute approximate surface area is 192 Å². The number of hydrogen-bond donors (Lipinski definition) is 2. The van der Waals surface area contributed by atoms with Gasteiger partial charge in [-0.15, -0.1) is 0 Å². The normalized spacial score (nSPS) is 12.8. The fourth-order valence-corrected chi connectivity index (χ4v) is 2.85. The van der Waals surface area contributed by atoms with Gasteiger partial charge in [0.1, 0.15) is 0 Å². The third kappa shape index (κ3) is 5.94. The van der Waals surface area contributed by atoms with Crippen molar-refractivity contribution < 1.29 is 47.6 Å². The smallest absolute Gasteiger partial charge is 0.331 e. The molecule has 0 saturated carbocycles. The molecule has 0 saturated heterocycles. The Kier molecular flexibility index (Phi) is 6.77. The lowest BCUT2D eigenvalue weighted by Gasteiger charge is -2.06. The summed E-state index contributed by atoms with van der Waals surface area (Å²) in [6, 6.07) is 9.61. The van der Waals surface area contributed by atoms with E-state index in [1.54, 1.807) is 36.4 Å². The van der Waals surface area contributed by atoms with Gasteiger partial charge in [0.15, 0.2) is 36.2 Å². The maximum atomic E-state index is 11.9. The molecule has 34 heavy (non-hydrogen) atoms. The van der Waals surface area contributed by atoms with Gasteiger partial charge in [0.25, 0.3) is 11.8 Å². The Balaban J connectivity index is 1.14. The van der Waals surface area contributed by atoms with Gasteiger partial charge in [-0.1, -0.05) is 0 Å². The predicted octanol–water partition coefficient (Wildman–Crippen LogP) is 1.36. The average Bonchev–Trinajstić information content (AvgIpc) is 3.48. The largest absolute Gasteiger partial charge is 0.454 e. The molecule has 2 aromatic carbocycles. The summed E-state index contributed by atoms with van der Waals surface area (Å²) in [6.07, 6.45) is 1.57. The van der Waals surface area contributed by atoms with Gasteiger partial charge in [-0.05, 0) is 24.3 Å². The molecule has 12 heteroatoms. The van der Waals surface area contributed by atoms with E-state index >= 15 is 0 Å². The van der Waals surface area contributed by atoms with Crippen LogP contribution in [-0.4, -0.2) is 50.6 Å². The fraction of sp³-hybridized carbons (Fsp3) is 0.182. The molecule has 12 nitrogen and oxygen atoms in total. The van der Waals surface area contributed by atoms with Crippen LogP contribution in [0.15, 0.2) is 48.6 Å². The molecule has 0 atom stereocenters. The van der Waals surface area contributed by atoms with E-state index in [0.717, 1.165) is 12.2 Å². The third-order valence-electron chi connectivity index (χ3n) is 4.36. The van der Waals surface area contributed by atoms with Crippen LogP contribution in [0.5, 0.6) is 23.0 Å². The molecule has 0 aliphatic carbocycles. The number of rotatable bonds is 8. The first-order chi connectivity index (χ1) is 16.5. The summed E-state index contributed by atoms with van der Waals surface area (Å²) in [7, 11) is 0. The lowest BCUT2D eigenvalue weighted by Crippen LogP contribution is -2.21. The van der Waals surface area contributed by atoms with Gasteiger partial charge in [0.05, 0.1) is 0 Å². The first-order valence-electron chi connectivity index (χ1n) is 9.87. The summed E-state index contributed by atoms with van der Waals surface area (Å²) in [5, 5.41) is 5.06. The first-order valence-corrected chi connectivity index (χ1v) is 9.87. The van der Waals surface area contributed by atoms with Crippen LogP contribution in [0.1, 0.15) is 0 Å². The average molecular weight is 470 g/mol. The second kappa shape index (κ2) is 10.3. The van der Waals surface area contributed by atoms with Crippen LogP contribution >= 0.6 is 0 Å². The number of fused-ring (bicyclic) bond motifs is 2. The molecule has 0 aromatic heterocycles. The van der Waals surface area contributed by atoms with Crippen LogP contribution < -0.4 is 29.6 Å². The van der Waals surface area contributed by atoms with Gasteiger partial charge in [-0.25, -0.2) is 9.59 Å². The molecule has 2 aliphatic heterocycles. The van der Waals surface area contributed by atoms with Crippen molar-refractivity contribution >= 4 is 35.1 Å². The number of ether oxygens (including phenoxy) is 6. The van der Waals surface area contributed by atoms with Crippen molar-refractivity contribution in [2.45, 2.75) is 0 Å². The van der Waals surface area contributed by atoms with Gasteiger partial charge in [0, 0.05) is 35.7 Å². The van der Waals surface area contributed by atoms with Crippen LogP contribution in [0.3, 0.4) is 0 Å². The lowest BCUT2D eigenvalue weighted by molar-refractivity contribution is -0.144. The summed E-state index contributed by atoms with van der Waals surface area (Å²) in [5.41, 5.74) is 0.867. The molecule has 0 spiro atoms. The number of nitrogens with one attached hydrogen (secondary N) is 2. The lowest BCUT2D eigenvalue weighted by atomic mass is 10.3. The Hall–Kier alpha value is -4.74. The second-order valence-electron chi connectivity index (χ2n) is 6.78. The number of carbonyl (C=O) groups excluding carboxylic acids is 4. The zero-order valence-corrected chi connectivity index (χ0v) is 17.5. The molecule has 2 aromatic rings. The van der Waals surface area contributed by atoms with Crippen molar-refractivity contribution in [3.8, 4) is 23.0 Å². The highest BCUT2D eigenvalue weighted by molar-refractivity contribution is 5.97. The highest BCUT2D eigenvalue weighted by Gasteiger charge is 2.16. The van der Waals surface area contributed by atoms with Crippen LogP contribution in [0.25, 0.3) is 0 Å². The maximum Gasteiger partial charge on any atom is 0.331 e. The minimum Gasteiger partial charge on any atom is -0.454 e. The van der Waals surface area contributed by atoms with E-state index in [4.69, 9.17) is 28.4 Å². The van der Waals surface area contributed by atoms with Crippen molar-refractivity contribution in [3.63, 3.8) is 0 Å². The molecule has 176 valence electrons. The Morgan fingerprint density at radius 1 is 0.676 bits per heavy atom. The van der Waals surface area contributed by atoms with Gasteiger partial charge in [-0.2, -0.15) is 0 Å². The van der Waals surface area contributed by atoms with E-state index in [2.05, 4.69) is 10.6 Å².